The molecule has 0 radical (unpaired) electrons. The van der Waals surface area contributed by atoms with Crippen LogP contribution >= 0.6 is 27.3 Å². The van der Waals surface area contributed by atoms with Gasteiger partial charge in [-0.3, -0.25) is 0 Å². The van der Waals surface area contributed by atoms with Gasteiger partial charge in [-0.1, -0.05) is 0 Å². The zero-order valence-electron chi connectivity index (χ0n) is 8.14. The third-order valence-corrected chi connectivity index (χ3v) is 3.87. The second-order valence-electron chi connectivity index (χ2n) is 2.95. The van der Waals surface area contributed by atoms with Gasteiger partial charge in [0.1, 0.15) is 6.07 Å². The first-order chi connectivity index (χ1) is 7.81. The number of aromatic nitrogens is 2. The van der Waals surface area contributed by atoms with Gasteiger partial charge in [0.25, 0.3) is 0 Å². The second-order valence-corrected chi connectivity index (χ2v) is 4.81. The van der Waals surface area contributed by atoms with Crippen LogP contribution < -0.4 is 5.32 Å². The predicted octanol–water partition coefficient (Wildman–Crippen LogP) is 2.78. The minimum Gasteiger partial charge on any atom is -0.363 e. The van der Waals surface area contributed by atoms with Crippen molar-refractivity contribution < 1.29 is 0 Å². The number of halogens is 1. The third-order valence-electron chi connectivity index (χ3n) is 1.95. The molecule has 4 nitrogen and oxygen atoms in total. The Kier molecular flexibility index (Phi) is 3.49. The predicted molar refractivity (Wildman–Crippen MR) is 66.1 cm³/mol. The van der Waals surface area contributed by atoms with Crippen molar-refractivity contribution in [2.45, 2.75) is 6.54 Å². The first-order valence-electron chi connectivity index (χ1n) is 4.49. The highest BCUT2D eigenvalue weighted by molar-refractivity contribution is 9.10. The summed E-state index contributed by atoms with van der Waals surface area (Å²) < 4.78 is 1.06. The maximum Gasteiger partial charge on any atom is 0.166 e. The van der Waals surface area contributed by atoms with E-state index in [1.807, 2.05) is 11.4 Å². The smallest absolute Gasteiger partial charge is 0.166 e. The maximum atomic E-state index is 8.87. The van der Waals surface area contributed by atoms with Crippen molar-refractivity contribution in [2.75, 3.05) is 5.32 Å². The van der Waals surface area contributed by atoms with Crippen LogP contribution in [0, 0.1) is 11.3 Å². The highest BCUT2D eigenvalue weighted by atomic mass is 79.9. The molecule has 0 bridgehead atoms. The molecule has 0 aliphatic heterocycles. The average Bonchev–Trinajstić information content (AvgIpc) is 2.72. The summed E-state index contributed by atoms with van der Waals surface area (Å²) in [5.74, 6) is 0.519. The van der Waals surface area contributed by atoms with E-state index in [4.69, 9.17) is 5.26 Å². The number of anilines is 1. The van der Waals surface area contributed by atoms with E-state index >= 15 is 0 Å². The Morgan fingerprint density at radius 1 is 1.50 bits per heavy atom. The first kappa shape index (κ1) is 11.0. The van der Waals surface area contributed by atoms with E-state index in [1.165, 1.54) is 6.20 Å². The summed E-state index contributed by atoms with van der Waals surface area (Å²) in [5.41, 5.74) is 0.502. The quantitative estimate of drug-likeness (QED) is 0.945. The van der Waals surface area contributed by atoms with Crippen LogP contribution in [-0.2, 0) is 6.54 Å². The molecule has 0 unspecified atom stereocenters. The molecule has 0 amide bonds. The Morgan fingerprint density at radius 3 is 3.06 bits per heavy atom. The zero-order valence-corrected chi connectivity index (χ0v) is 10.5. The SMILES string of the molecule is N#Cc1ccnnc1NCc1sccc1Br. The van der Waals surface area contributed by atoms with Crippen molar-refractivity contribution >= 4 is 33.1 Å². The lowest BCUT2D eigenvalue weighted by Crippen LogP contribution is -2.03. The standard InChI is InChI=1S/C10H7BrN4S/c11-8-2-4-16-9(8)6-13-10-7(5-12)1-3-14-15-10/h1-4H,6H2,(H,13,15). The summed E-state index contributed by atoms with van der Waals surface area (Å²) in [6.45, 7) is 0.631. The van der Waals surface area contributed by atoms with Crippen LogP contribution in [0.5, 0.6) is 0 Å². The van der Waals surface area contributed by atoms with Crippen molar-refractivity contribution in [3.05, 3.63) is 38.6 Å². The molecular formula is C10H7BrN4S. The Balaban J connectivity index is 2.11. The molecule has 0 aliphatic rings. The van der Waals surface area contributed by atoms with Crippen molar-refractivity contribution in [1.82, 2.24) is 10.2 Å². The molecule has 0 saturated carbocycles. The molecule has 0 aromatic carbocycles. The molecular weight excluding hydrogens is 288 g/mol. The molecule has 0 spiro atoms. The molecule has 2 aromatic rings. The average molecular weight is 295 g/mol. The van der Waals surface area contributed by atoms with Gasteiger partial charge in [-0.25, -0.2) is 0 Å². The Bertz CT molecular complexity index is 532. The molecule has 2 heterocycles. The fourth-order valence-electron chi connectivity index (χ4n) is 1.17. The topological polar surface area (TPSA) is 61.6 Å². The maximum absolute atomic E-state index is 8.87. The van der Waals surface area contributed by atoms with Crippen LogP contribution in [0.15, 0.2) is 28.2 Å². The molecule has 80 valence electrons. The van der Waals surface area contributed by atoms with Crippen molar-refractivity contribution in [1.29, 1.82) is 5.26 Å². The molecule has 1 N–H and O–H groups in total. The van der Waals surface area contributed by atoms with Gasteiger partial charge in [0.15, 0.2) is 5.82 Å². The molecule has 16 heavy (non-hydrogen) atoms. The number of nitrogens with one attached hydrogen (secondary N) is 1. The van der Waals surface area contributed by atoms with Crippen LogP contribution in [0.1, 0.15) is 10.4 Å². The number of hydrogen-bond donors (Lipinski definition) is 1. The number of nitrogens with zero attached hydrogens (tertiary/aromatic N) is 3. The summed E-state index contributed by atoms with van der Waals surface area (Å²) in [6, 6.07) is 5.69. The number of thiophene rings is 1. The lowest BCUT2D eigenvalue weighted by Gasteiger charge is -2.04. The summed E-state index contributed by atoms with van der Waals surface area (Å²) in [4.78, 5) is 1.16. The molecule has 0 atom stereocenters. The lowest BCUT2D eigenvalue weighted by molar-refractivity contribution is 0.999. The third kappa shape index (κ3) is 2.38. The molecule has 2 rings (SSSR count). The first-order valence-corrected chi connectivity index (χ1v) is 6.16. The summed E-state index contributed by atoms with van der Waals surface area (Å²) in [6.07, 6.45) is 1.50. The molecule has 2 aromatic heterocycles. The van der Waals surface area contributed by atoms with E-state index in [9.17, 15) is 0 Å². The van der Waals surface area contributed by atoms with Gasteiger partial charge >= 0.3 is 0 Å². The van der Waals surface area contributed by atoms with Gasteiger partial charge < -0.3 is 5.32 Å². The highest BCUT2D eigenvalue weighted by Crippen LogP contribution is 2.23. The van der Waals surface area contributed by atoms with Crippen molar-refractivity contribution in [3.8, 4) is 6.07 Å². The molecule has 0 fully saturated rings. The number of nitriles is 1. The summed E-state index contributed by atoms with van der Waals surface area (Å²) in [5, 5.41) is 21.6. The van der Waals surface area contributed by atoms with E-state index in [0.717, 1.165) is 9.35 Å². The monoisotopic (exact) mass is 294 g/mol. The van der Waals surface area contributed by atoms with Crippen LogP contribution in [0.2, 0.25) is 0 Å². The number of rotatable bonds is 3. The van der Waals surface area contributed by atoms with E-state index in [-0.39, 0.29) is 0 Å². The van der Waals surface area contributed by atoms with Gasteiger partial charge in [0.2, 0.25) is 0 Å². The van der Waals surface area contributed by atoms with E-state index in [2.05, 4.69) is 37.5 Å². The lowest BCUT2D eigenvalue weighted by atomic mass is 10.3. The van der Waals surface area contributed by atoms with Crippen molar-refractivity contribution in [3.63, 3.8) is 0 Å². The van der Waals surface area contributed by atoms with Gasteiger partial charge in [0, 0.05) is 9.35 Å². The van der Waals surface area contributed by atoms with Crippen LogP contribution in [0.3, 0.4) is 0 Å². The van der Waals surface area contributed by atoms with Gasteiger partial charge in [-0.15, -0.1) is 16.4 Å². The minimum atomic E-state index is 0.502. The summed E-state index contributed by atoms with van der Waals surface area (Å²) in [7, 11) is 0. The van der Waals surface area contributed by atoms with Crippen LogP contribution in [0.4, 0.5) is 5.82 Å². The van der Waals surface area contributed by atoms with Crippen LogP contribution in [-0.4, -0.2) is 10.2 Å². The molecule has 6 heteroatoms. The Labute approximate surface area is 105 Å². The van der Waals surface area contributed by atoms with E-state index in [0.29, 0.717) is 17.9 Å². The second kappa shape index (κ2) is 5.05. The van der Waals surface area contributed by atoms with Gasteiger partial charge in [-0.05, 0) is 33.4 Å². The van der Waals surface area contributed by atoms with E-state index < -0.39 is 0 Å². The fraction of sp³-hybridized carbons (Fsp3) is 0.100. The summed E-state index contributed by atoms with van der Waals surface area (Å²) >= 11 is 5.09. The van der Waals surface area contributed by atoms with Gasteiger partial charge in [-0.2, -0.15) is 10.4 Å². The van der Waals surface area contributed by atoms with Gasteiger partial charge in [0.05, 0.1) is 18.3 Å². The fourth-order valence-corrected chi connectivity index (χ4v) is 2.60. The van der Waals surface area contributed by atoms with E-state index in [1.54, 1.807) is 17.4 Å². The zero-order chi connectivity index (χ0) is 11.4. The molecule has 0 saturated heterocycles. The largest absolute Gasteiger partial charge is 0.363 e. The van der Waals surface area contributed by atoms with Crippen molar-refractivity contribution in [2.24, 2.45) is 0 Å². The molecule has 0 aliphatic carbocycles. The Morgan fingerprint density at radius 2 is 2.38 bits per heavy atom. The minimum absolute atomic E-state index is 0.502. The van der Waals surface area contributed by atoms with Crippen LogP contribution in [0.25, 0.3) is 0 Å². The number of hydrogen-bond acceptors (Lipinski definition) is 5. The normalized spacial score (nSPS) is 9.75. The Hall–Kier alpha value is -1.45. The highest BCUT2D eigenvalue weighted by Gasteiger charge is 2.05.